The van der Waals surface area contributed by atoms with E-state index in [1.807, 2.05) is 21.1 Å². The summed E-state index contributed by atoms with van der Waals surface area (Å²) in [6, 6.07) is -0.791. The number of aliphatic hydroxyl groups excluding tert-OH is 1. The van der Waals surface area contributed by atoms with Crippen molar-refractivity contribution in [2.75, 3.05) is 40.9 Å². The molecule has 0 radical (unpaired) electrons. The lowest BCUT2D eigenvalue weighted by atomic mass is 10.0. The molecule has 0 saturated carbocycles. The number of quaternary nitrogens is 1. The maximum absolute atomic E-state index is 12.7. The fourth-order valence-corrected chi connectivity index (χ4v) is 8.23. The van der Waals surface area contributed by atoms with Gasteiger partial charge in [-0.3, -0.25) is 9.36 Å². The maximum Gasteiger partial charge on any atom is 0.268 e. The minimum Gasteiger partial charge on any atom is -0.756 e. The van der Waals surface area contributed by atoms with Gasteiger partial charge in [0, 0.05) is 6.42 Å². The predicted molar refractivity (Wildman–Crippen MR) is 247 cm³/mol. The number of aliphatic hydroxyl groups is 1. The molecule has 3 atom stereocenters. The van der Waals surface area contributed by atoms with Crippen LogP contribution in [-0.4, -0.2) is 68.5 Å². The molecule has 0 aliphatic heterocycles. The largest absolute Gasteiger partial charge is 0.756 e. The van der Waals surface area contributed by atoms with E-state index in [0.717, 1.165) is 38.5 Å². The van der Waals surface area contributed by atoms with Gasteiger partial charge in [-0.2, -0.15) is 0 Å². The van der Waals surface area contributed by atoms with E-state index in [2.05, 4.69) is 31.3 Å². The van der Waals surface area contributed by atoms with Crippen LogP contribution in [0.3, 0.4) is 0 Å². The smallest absolute Gasteiger partial charge is 0.268 e. The number of carbonyl (C=O) groups excluding carboxylic acids is 1. The molecule has 1 amide bonds. The lowest BCUT2D eigenvalue weighted by Crippen LogP contribution is -2.46. The van der Waals surface area contributed by atoms with Gasteiger partial charge in [-0.05, 0) is 38.5 Å². The van der Waals surface area contributed by atoms with Crippen molar-refractivity contribution in [1.29, 1.82) is 0 Å². The number of nitrogens with zero attached hydrogens (tertiary/aromatic N) is 1. The summed E-state index contributed by atoms with van der Waals surface area (Å²) < 4.78 is 23.0. The zero-order valence-corrected chi connectivity index (χ0v) is 40.2. The average molecular weight is 843 g/mol. The Labute approximate surface area is 361 Å². The van der Waals surface area contributed by atoms with E-state index in [1.54, 1.807) is 0 Å². The molecule has 0 bridgehead atoms. The average Bonchev–Trinajstić information content (AvgIpc) is 3.17. The molecule has 0 heterocycles. The normalized spacial score (nSPS) is 14.3. The van der Waals surface area contributed by atoms with Gasteiger partial charge in [-0.15, -0.1) is 0 Å². The van der Waals surface area contributed by atoms with E-state index in [9.17, 15) is 19.4 Å². The number of likely N-dealkylation sites (N-methyl/N-ethyl adjacent to an activating group) is 1. The Bertz CT molecular complexity index is 958. The Morgan fingerprint density at radius 1 is 0.586 bits per heavy atom. The second-order valence-corrected chi connectivity index (χ2v) is 19.9. The summed E-state index contributed by atoms with van der Waals surface area (Å²) in [5, 5.41) is 13.6. The molecule has 346 valence electrons. The lowest BCUT2D eigenvalue weighted by Gasteiger charge is -2.30. The van der Waals surface area contributed by atoms with E-state index in [1.165, 1.54) is 180 Å². The maximum atomic E-state index is 12.7. The van der Waals surface area contributed by atoms with Crippen molar-refractivity contribution in [3.8, 4) is 0 Å². The van der Waals surface area contributed by atoms with Gasteiger partial charge in [0.1, 0.15) is 13.2 Å². The molecule has 3 unspecified atom stereocenters. The minimum absolute atomic E-state index is 0.0130. The predicted octanol–water partition coefficient (Wildman–Crippen LogP) is 13.7. The Morgan fingerprint density at radius 2 is 0.948 bits per heavy atom. The quantitative estimate of drug-likeness (QED) is 0.0273. The molecule has 9 heteroatoms. The fraction of sp³-hybridized carbons (Fsp3) is 0.939. The first-order valence-corrected chi connectivity index (χ1v) is 26.5. The van der Waals surface area contributed by atoms with Crippen molar-refractivity contribution in [1.82, 2.24) is 5.32 Å². The number of unbranched alkanes of at least 4 members (excludes halogenated alkanes) is 31. The molecule has 0 aliphatic carbocycles. The first-order chi connectivity index (χ1) is 28.0. The van der Waals surface area contributed by atoms with Crippen LogP contribution in [0.15, 0.2) is 12.2 Å². The number of nitrogens with one attached hydrogen (secondary N) is 1. The molecule has 0 rings (SSSR count). The number of phosphoric ester groups is 1. The van der Waals surface area contributed by atoms with Crippen molar-refractivity contribution in [2.24, 2.45) is 0 Å². The third-order valence-electron chi connectivity index (χ3n) is 11.5. The number of hydrogen-bond donors (Lipinski definition) is 2. The molecule has 58 heavy (non-hydrogen) atoms. The van der Waals surface area contributed by atoms with Crippen LogP contribution in [0.25, 0.3) is 0 Å². The van der Waals surface area contributed by atoms with Crippen molar-refractivity contribution < 1.29 is 32.9 Å². The number of hydrogen-bond acceptors (Lipinski definition) is 6. The van der Waals surface area contributed by atoms with Gasteiger partial charge in [-0.1, -0.05) is 212 Å². The van der Waals surface area contributed by atoms with E-state index in [-0.39, 0.29) is 19.1 Å². The monoisotopic (exact) mass is 843 g/mol. The summed E-state index contributed by atoms with van der Waals surface area (Å²) in [5.41, 5.74) is 0. The molecular formula is C49H99N2O6P. The fourth-order valence-electron chi connectivity index (χ4n) is 7.51. The highest BCUT2D eigenvalue weighted by Gasteiger charge is 2.24. The molecule has 0 aliphatic rings. The SMILES string of the molecule is CCCCCCCCCC/C=C\CCCCCCCCCCCCCCCCCCCCCCCC(=O)NC(COP(=O)([O-])OCC[N+](C)(C)C)C(O)CCCCC. The number of allylic oxidation sites excluding steroid dienone is 2. The molecule has 0 fully saturated rings. The minimum atomic E-state index is -4.54. The van der Waals surface area contributed by atoms with Crippen LogP contribution in [0.5, 0.6) is 0 Å². The van der Waals surface area contributed by atoms with Gasteiger partial charge < -0.3 is 28.8 Å². The van der Waals surface area contributed by atoms with Crippen molar-refractivity contribution in [3.05, 3.63) is 12.2 Å². The molecular weight excluding hydrogens is 744 g/mol. The zero-order chi connectivity index (χ0) is 42.8. The zero-order valence-electron chi connectivity index (χ0n) is 39.3. The van der Waals surface area contributed by atoms with Crippen LogP contribution in [0.2, 0.25) is 0 Å². The summed E-state index contributed by atoms with van der Waals surface area (Å²) in [6.45, 7) is 4.57. The first-order valence-electron chi connectivity index (χ1n) is 25.0. The molecule has 0 saturated heterocycles. The van der Waals surface area contributed by atoms with Crippen LogP contribution in [0, 0.1) is 0 Å². The molecule has 0 spiro atoms. The highest BCUT2D eigenvalue weighted by molar-refractivity contribution is 7.45. The highest BCUT2D eigenvalue weighted by Crippen LogP contribution is 2.38. The Balaban J connectivity index is 3.66. The third kappa shape index (κ3) is 43.3. The summed E-state index contributed by atoms with van der Waals surface area (Å²) >= 11 is 0. The Morgan fingerprint density at radius 3 is 1.34 bits per heavy atom. The van der Waals surface area contributed by atoms with Gasteiger partial charge in [-0.25, -0.2) is 0 Å². The van der Waals surface area contributed by atoms with Gasteiger partial charge in [0.2, 0.25) is 5.91 Å². The van der Waals surface area contributed by atoms with Gasteiger partial charge in [0.15, 0.2) is 0 Å². The number of phosphoric acid groups is 1. The van der Waals surface area contributed by atoms with Crippen molar-refractivity contribution in [3.63, 3.8) is 0 Å². The lowest BCUT2D eigenvalue weighted by molar-refractivity contribution is -0.870. The van der Waals surface area contributed by atoms with Crippen LogP contribution >= 0.6 is 7.82 Å². The molecule has 0 aromatic heterocycles. The third-order valence-corrected chi connectivity index (χ3v) is 12.5. The molecule has 2 N–H and O–H groups in total. The van der Waals surface area contributed by atoms with Gasteiger partial charge in [0.25, 0.3) is 7.82 Å². The molecule has 0 aromatic rings. The highest BCUT2D eigenvalue weighted by atomic mass is 31.2. The second kappa shape index (κ2) is 41.6. The van der Waals surface area contributed by atoms with E-state index < -0.39 is 20.0 Å². The second-order valence-electron chi connectivity index (χ2n) is 18.5. The van der Waals surface area contributed by atoms with Crippen LogP contribution in [0.4, 0.5) is 0 Å². The Kier molecular flexibility index (Phi) is 41.0. The summed E-state index contributed by atoms with van der Waals surface area (Å²) in [4.78, 5) is 25.0. The van der Waals surface area contributed by atoms with Crippen LogP contribution < -0.4 is 10.2 Å². The van der Waals surface area contributed by atoms with Crippen molar-refractivity contribution in [2.45, 2.75) is 257 Å². The van der Waals surface area contributed by atoms with Crippen LogP contribution in [0.1, 0.15) is 245 Å². The van der Waals surface area contributed by atoms with Crippen LogP contribution in [-0.2, 0) is 18.4 Å². The standard InChI is InChI=1S/C49H99N2O6P/c1-6-8-10-11-12-13-14-15-16-17-18-19-20-21-22-23-24-25-26-27-28-29-30-31-32-33-34-35-36-37-38-39-41-43-49(53)50-47(48(52)42-40-9-7-2)46-57-58(54,55)56-45-44-51(3,4)5/h17-18,47-48,52H,6-16,19-46H2,1-5H3,(H-,50,53,54,55)/b18-17-. The number of carbonyl (C=O) groups is 1. The van der Waals surface area contributed by atoms with Gasteiger partial charge in [0.05, 0.1) is 39.9 Å². The van der Waals surface area contributed by atoms with E-state index in [4.69, 9.17) is 9.05 Å². The molecule has 8 nitrogen and oxygen atoms in total. The van der Waals surface area contributed by atoms with Crippen molar-refractivity contribution >= 4 is 13.7 Å². The molecule has 0 aromatic carbocycles. The summed E-state index contributed by atoms with van der Waals surface area (Å²) in [7, 11) is 1.31. The summed E-state index contributed by atoms with van der Waals surface area (Å²) in [5.74, 6) is -0.172. The number of amides is 1. The summed E-state index contributed by atoms with van der Waals surface area (Å²) in [6.07, 6.45) is 49.2. The topological polar surface area (TPSA) is 108 Å². The number of rotatable bonds is 46. The van der Waals surface area contributed by atoms with Gasteiger partial charge >= 0.3 is 0 Å². The van der Waals surface area contributed by atoms with E-state index >= 15 is 0 Å². The van der Waals surface area contributed by atoms with E-state index in [0.29, 0.717) is 23.9 Å². The first kappa shape index (κ1) is 57.2. The Hall–Kier alpha value is -0.760.